The number of nitrogens with zero attached hydrogens (tertiary/aromatic N) is 1. The molecular weight excluding hydrogens is 93.1 g/mol. The lowest BCUT2D eigenvalue weighted by atomic mass is 10.3. The van der Waals surface area contributed by atoms with Gasteiger partial charge in [-0.25, -0.2) is 4.39 Å². The van der Waals surface area contributed by atoms with Gasteiger partial charge in [-0.05, 0) is 0 Å². The molecule has 0 heterocycles. The van der Waals surface area contributed by atoms with E-state index in [2.05, 4.69) is 13.2 Å². The van der Waals surface area contributed by atoms with Gasteiger partial charge in [-0.15, -0.1) is 0 Å². The van der Waals surface area contributed by atoms with Gasteiger partial charge in [-0.1, -0.05) is 13.2 Å². The first kappa shape index (κ1) is 5.90. The largest absolute Gasteiger partial charge is 0.206 e. The number of allylic oxidation sites excluding steroid dienone is 2. The highest BCUT2D eigenvalue weighted by molar-refractivity contribution is 5.32. The second-order valence-electron chi connectivity index (χ2n) is 0.995. The molecule has 0 radical (unpaired) electrons. The minimum Gasteiger partial charge on any atom is -0.206 e. The lowest BCUT2D eigenvalue weighted by Crippen LogP contribution is -1.69. The molecule has 0 aliphatic carbocycles. The van der Waals surface area contributed by atoms with Gasteiger partial charge in [-0.2, -0.15) is 5.26 Å². The van der Waals surface area contributed by atoms with Crippen LogP contribution in [0.1, 0.15) is 0 Å². The molecule has 0 unspecified atom stereocenters. The van der Waals surface area contributed by atoms with E-state index >= 15 is 0 Å². The summed E-state index contributed by atoms with van der Waals surface area (Å²) in [6, 6.07) is 1.50. The number of nitriles is 1. The van der Waals surface area contributed by atoms with Gasteiger partial charge in [0.2, 0.25) is 0 Å². The topological polar surface area (TPSA) is 23.8 Å². The van der Waals surface area contributed by atoms with E-state index in [0.717, 1.165) is 0 Å². The Bertz CT molecular complexity index is 141. The molecule has 0 spiro atoms. The molecule has 36 valence electrons. The predicted molar refractivity (Wildman–Crippen MR) is 25.0 cm³/mol. The average molecular weight is 97.1 g/mol. The van der Waals surface area contributed by atoms with Gasteiger partial charge in [0.25, 0.3) is 0 Å². The summed E-state index contributed by atoms with van der Waals surface area (Å²) in [5.74, 6) is -0.762. The molecule has 0 amide bonds. The Morgan fingerprint density at radius 2 is 2.00 bits per heavy atom. The van der Waals surface area contributed by atoms with Crippen molar-refractivity contribution in [2.45, 2.75) is 0 Å². The van der Waals surface area contributed by atoms with E-state index in [1.165, 1.54) is 6.07 Å². The molecule has 7 heavy (non-hydrogen) atoms. The number of hydrogen-bond donors (Lipinski definition) is 0. The summed E-state index contributed by atoms with van der Waals surface area (Å²) in [4.78, 5) is 0. The molecule has 0 fully saturated rings. The summed E-state index contributed by atoms with van der Waals surface area (Å²) in [6.45, 7) is 5.87. The molecule has 0 aromatic rings. The van der Waals surface area contributed by atoms with Crippen molar-refractivity contribution < 1.29 is 4.39 Å². The summed E-state index contributed by atoms with van der Waals surface area (Å²) < 4.78 is 11.6. The lowest BCUT2D eigenvalue weighted by Gasteiger charge is -1.79. The van der Waals surface area contributed by atoms with Gasteiger partial charge < -0.3 is 0 Å². The van der Waals surface area contributed by atoms with Crippen LogP contribution in [0.15, 0.2) is 24.6 Å². The van der Waals surface area contributed by atoms with Gasteiger partial charge in [0.1, 0.15) is 11.9 Å². The molecule has 2 heteroatoms. The number of rotatable bonds is 1. The highest BCUT2D eigenvalue weighted by Gasteiger charge is 1.90. The third kappa shape index (κ3) is 1.72. The SMILES string of the molecule is C=C(F)C(=C)C#N. The first-order valence-electron chi connectivity index (χ1n) is 1.62. The van der Waals surface area contributed by atoms with Gasteiger partial charge >= 0.3 is 0 Å². The van der Waals surface area contributed by atoms with E-state index in [1.54, 1.807) is 0 Å². The maximum absolute atomic E-state index is 11.6. The van der Waals surface area contributed by atoms with Crippen molar-refractivity contribution >= 4 is 0 Å². The molecule has 0 N–H and O–H groups in total. The zero-order valence-electron chi connectivity index (χ0n) is 3.74. The molecule has 0 aromatic heterocycles. The Morgan fingerprint density at radius 1 is 1.57 bits per heavy atom. The van der Waals surface area contributed by atoms with Crippen molar-refractivity contribution in [3.63, 3.8) is 0 Å². The molecule has 0 saturated heterocycles. The summed E-state index contributed by atoms with van der Waals surface area (Å²) in [6.07, 6.45) is 0. The van der Waals surface area contributed by atoms with Gasteiger partial charge in [0, 0.05) is 0 Å². The maximum Gasteiger partial charge on any atom is 0.133 e. The Labute approximate surface area is 41.4 Å². The fraction of sp³-hybridized carbons (Fsp3) is 0. The van der Waals surface area contributed by atoms with E-state index in [4.69, 9.17) is 5.26 Å². The van der Waals surface area contributed by atoms with Crippen LogP contribution in [-0.2, 0) is 0 Å². The van der Waals surface area contributed by atoms with Gasteiger partial charge in [0.15, 0.2) is 0 Å². The van der Waals surface area contributed by atoms with Crippen LogP contribution in [-0.4, -0.2) is 0 Å². The van der Waals surface area contributed by atoms with Crippen LogP contribution in [0.5, 0.6) is 0 Å². The minimum absolute atomic E-state index is 0.208. The van der Waals surface area contributed by atoms with Crippen LogP contribution in [0.4, 0.5) is 4.39 Å². The van der Waals surface area contributed by atoms with Crippen LogP contribution < -0.4 is 0 Å². The van der Waals surface area contributed by atoms with Gasteiger partial charge in [-0.3, -0.25) is 0 Å². The molecule has 0 aliphatic rings. The standard InChI is InChI=1S/C5H4FN/c1-4(3-7)5(2)6/h1-2H2. The van der Waals surface area contributed by atoms with Crippen LogP contribution >= 0.6 is 0 Å². The normalized spacial score (nSPS) is 6.86. The fourth-order valence-electron chi connectivity index (χ4n) is 0.0607. The monoisotopic (exact) mass is 97.0 g/mol. The minimum atomic E-state index is -0.762. The van der Waals surface area contributed by atoms with Crippen LogP contribution in [0.2, 0.25) is 0 Å². The van der Waals surface area contributed by atoms with Crippen LogP contribution in [0, 0.1) is 11.3 Å². The van der Waals surface area contributed by atoms with Gasteiger partial charge in [0.05, 0.1) is 5.57 Å². The quantitative estimate of drug-likeness (QED) is 0.359. The second-order valence-corrected chi connectivity index (χ2v) is 0.995. The second kappa shape index (κ2) is 2.14. The summed E-state index contributed by atoms with van der Waals surface area (Å²) in [7, 11) is 0. The summed E-state index contributed by atoms with van der Waals surface area (Å²) >= 11 is 0. The van der Waals surface area contributed by atoms with E-state index < -0.39 is 5.83 Å². The molecule has 0 rings (SSSR count). The Morgan fingerprint density at radius 3 is 2.00 bits per heavy atom. The van der Waals surface area contributed by atoms with Crippen molar-refractivity contribution in [2.75, 3.05) is 0 Å². The Balaban J connectivity index is 3.90. The lowest BCUT2D eigenvalue weighted by molar-refractivity contribution is 0.663. The van der Waals surface area contributed by atoms with Crippen molar-refractivity contribution in [3.05, 3.63) is 24.6 Å². The summed E-state index contributed by atoms with van der Waals surface area (Å²) in [5.41, 5.74) is -0.208. The first-order valence-corrected chi connectivity index (χ1v) is 1.62. The zero-order valence-corrected chi connectivity index (χ0v) is 3.74. The number of hydrogen-bond acceptors (Lipinski definition) is 1. The fourth-order valence-corrected chi connectivity index (χ4v) is 0.0607. The highest BCUT2D eigenvalue weighted by atomic mass is 19.1. The molecule has 1 nitrogen and oxygen atoms in total. The maximum atomic E-state index is 11.6. The molecular formula is C5H4FN. The molecule has 0 aromatic carbocycles. The average Bonchev–Trinajstić information content (AvgIpc) is 1.65. The van der Waals surface area contributed by atoms with E-state index in [-0.39, 0.29) is 5.57 Å². The van der Waals surface area contributed by atoms with E-state index in [0.29, 0.717) is 0 Å². The van der Waals surface area contributed by atoms with Crippen molar-refractivity contribution in [3.8, 4) is 6.07 Å². The molecule has 0 aliphatic heterocycles. The highest BCUT2D eigenvalue weighted by Crippen LogP contribution is 2.01. The smallest absolute Gasteiger partial charge is 0.133 e. The molecule has 0 atom stereocenters. The summed E-state index contributed by atoms with van der Waals surface area (Å²) in [5, 5.41) is 7.85. The Hall–Kier alpha value is -1.10. The predicted octanol–water partition coefficient (Wildman–Crippen LogP) is 1.55. The molecule has 0 bridgehead atoms. The molecule has 0 saturated carbocycles. The van der Waals surface area contributed by atoms with Crippen LogP contribution in [0.3, 0.4) is 0 Å². The van der Waals surface area contributed by atoms with Crippen molar-refractivity contribution in [2.24, 2.45) is 0 Å². The third-order valence-electron chi connectivity index (χ3n) is 0.462. The number of halogens is 1. The zero-order chi connectivity index (χ0) is 5.86. The first-order chi connectivity index (χ1) is 3.18. The van der Waals surface area contributed by atoms with E-state index in [9.17, 15) is 4.39 Å². The van der Waals surface area contributed by atoms with Crippen LogP contribution in [0.25, 0.3) is 0 Å². The van der Waals surface area contributed by atoms with E-state index in [1.807, 2.05) is 0 Å². The van der Waals surface area contributed by atoms with Crippen molar-refractivity contribution in [1.29, 1.82) is 5.26 Å². The van der Waals surface area contributed by atoms with Crippen molar-refractivity contribution in [1.82, 2.24) is 0 Å². The Kier molecular flexibility index (Phi) is 1.80. The third-order valence-corrected chi connectivity index (χ3v) is 0.462.